The van der Waals surface area contributed by atoms with Gasteiger partial charge in [0.25, 0.3) is 5.91 Å². The molecule has 0 bridgehead atoms. The maximum absolute atomic E-state index is 12.5. The van der Waals surface area contributed by atoms with E-state index < -0.39 is 30.2 Å². The molecule has 0 radical (unpaired) electrons. The molecule has 31 heavy (non-hydrogen) atoms. The number of Topliss-reactive ketones (excluding diaryl/α,β-unsaturated/α-hetero) is 1. The average Bonchev–Trinajstić information content (AvgIpc) is 2.70. The van der Waals surface area contributed by atoms with Crippen LogP contribution in [0, 0.1) is 5.92 Å². The number of aliphatic hydroxyl groups excluding tert-OH is 1. The summed E-state index contributed by atoms with van der Waals surface area (Å²) in [6.07, 6.45) is 6.07. The molecule has 2 N–H and O–H groups in total. The summed E-state index contributed by atoms with van der Waals surface area (Å²) in [5, 5.41) is 10.6. The standard InChI is InChI=1S/C23H42N2O6/c1-4-7-11-19(5-2)17-30-18-21(27)16-25(12-9-8-10-13-25)24-22(28)14-20(26)15-23(29)31-6-3/h19,21,27H,4-18H2,1-3H3/p+1. The van der Waals surface area contributed by atoms with Gasteiger partial charge in [0.05, 0.1) is 19.6 Å². The third-order valence-corrected chi connectivity index (χ3v) is 5.81. The second-order valence-electron chi connectivity index (χ2n) is 8.68. The summed E-state index contributed by atoms with van der Waals surface area (Å²) < 4.78 is 10.8. The Bertz CT molecular complexity index is 548. The van der Waals surface area contributed by atoms with E-state index in [4.69, 9.17) is 9.47 Å². The van der Waals surface area contributed by atoms with E-state index in [2.05, 4.69) is 19.3 Å². The van der Waals surface area contributed by atoms with Crippen LogP contribution in [-0.2, 0) is 23.9 Å². The minimum Gasteiger partial charge on any atom is -0.466 e. The van der Waals surface area contributed by atoms with Crippen molar-refractivity contribution in [2.24, 2.45) is 5.92 Å². The number of piperidine rings is 1. The molecule has 0 aliphatic carbocycles. The molecule has 0 spiro atoms. The lowest BCUT2D eigenvalue weighted by atomic mass is 10.0. The number of ether oxygens (including phenoxy) is 2. The molecule has 1 heterocycles. The fraction of sp³-hybridized carbons (Fsp3) is 0.870. The first-order valence-corrected chi connectivity index (χ1v) is 11.9. The summed E-state index contributed by atoms with van der Waals surface area (Å²) in [5.41, 5.74) is 2.95. The monoisotopic (exact) mass is 443 g/mol. The highest BCUT2D eigenvalue weighted by Crippen LogP contribution is 2.18. The number of carbonyl (C=O) groups is 3. The van der Waals surface area contributed by atoms with E-state index in [-0.39, 0.29) is 24.2 Å². The van der Waals surface area contributed by atoms with Crippen LogP contribution < -0.4 is 5.43 Å². The molecular weight excluding hydrogens is 400 g/mol. The molecule has 0 aromatic carbocycles. The lowest BCUT2D eigenvalue weighted by Crippen LogP contribution is -2.65. The molecule has 1 amide bonds. The van der Waals surface area contributed by atoms with E-state index in [1.807, 2.05) is 0 Å². The third kappa shape index (κ3) is 11.6. The lowest BCUT2D eigenvalue weighted by molar-refractivity contribution is -0.967. The molecule has 180 valence electrons. The van der Waals surface area contributed by atoms with Gasteiger partial charge in [-0.25, -0.2) is 10.0 Å². The Morgan fingerprint density at radius 3 is 2.35 bits per heavy atom. The number of unbranched alkanes of at least 4 members (excludes halogenated alkanes) is 1. The highest BCUT2D eigenvalue weighted by Gasteiger charge is 2.35. The van der Waals surface area contributed by atoms with Crippen LogP contribution in [0.2, 0.25) is 0 Å². The second kappa shape index (κ2) is 15.3. The zero-order valence-electron chi connectivity index (χ0n) is 19.7. The van der Waals surface area contributed by atoms with Gasteiger partial charge >= 0.3 is 5.97 Å². The SMILES string of the molecule is CCCCC(CC)COCC(O)C[N+]1(NC(=O)CC(=O)CC(=O)OCC)CCCCC1. The summed E-state index contributed by atoms with van der Waals surface area (Å²) in [6.45, 7) is 8.86. The highest BCUT2D eigenvalue weighted by atomic mass is 16.5. The Balaban J connectivity index is 2.53. The van der Waals surface area contributed by atoms with Crippen molar-refractivity contribution in [1.29, 1.82) is 0 Å². The molecular formula is C23H43N2O6+. The van der Waals surface area contributed by atoms with Crippen molar-refractivity contribution in [3.63, 3.8) is 0 Å². The Morgan fingerprint density at radius 2 is 1.74 bits per heavy atom. The number of likely N-dealkylation sites (tertiary alicyclic amines) is 1. The van der Waals surface area contributed by atoms with Crippen LogP contribution in [-0.4, -0.2) is 72.9 Å². The molecule has 1 saturated heterocycles. The van der Waals surface area contributed by atoms with Gasteiger partial charge in [-0.05, 0) is 38.5 Å². The summed E-state index contributed by atoms with van der Waals surface area (Å²) in [6, 6.07) is 0. The first-order valence-electron chi connectivity index (χ1n) is 11.9. The fourth-order valence-corrected chi connectivity index (χ4v) is 4.10. The smallest absolute Gasteiger partial charge is 0.313 e. The van der Waals surface area contributed by atoms with Crippen molar-refractivity contribution in [3.05, 3.63) is 0 Å². The van der Waals surface area contributed by atoms with Crippen molar-refractivity contribution in [2.45, 2.75) is 84.7 Å². The van der Waals surface area contributed by atoms with Crippen LogP contribution in [0.1, 0.15) is 78.6 Å². The van der Waals surface area contributed by atoms with Gasteiger partial charge in [-0.3, -0.25) is 14.4 Å². The summed E-state index contributed by atoms with van der Waals surface area (Å²) >= 11 is 0. The molecule has 0 saturated carbocycles. The number of rotatable bonds is 16. The Kier molecular flexibility index (Phi) is 13.6. The van der Waals surface area contributed by atoms with Gasteiger partial charge in [0.2, 0.25) is 0 Å². The van der Waals surface area contributed by atoms with Gasteiger partial charge < -0.3 is 14.6 Å². The zero-order valence-corrected chi connectivity index (χ0v) is 19.7. The molecule has 1 rings (SSSR count). The van der Waals surface area contributed by atoms with E-state index in [0.717, 1.165) is 32.1 Å². The first kappa shape index (κ1) is 27.5. The van der Waals surface area contributed by atoms with Gasteiger partial charge in [0, 0.05) is 6.61 Å². The molecule has 8 heteroatoms. The molecule has 1 aliphatic heterocycles. The molecule has 2 atom stereocenters. The maximum atomic E-state index is 12.5. The van der Waals surface area contributed by atoms with Crippen molar-refractivity contribution in [2.75, 3.05) is 39.5 Å². The maximum Gasteiger partial charge on any atom is 0.313 e. The predicted octanol–water partition coefficient (Wildman–Crippen LogP) is 2.52. The number of hydrogen-bond donors (Lipinski definition) is 2. The van der Waals surface area contributed by atoms with Gasteiger partial charge in [-0.2, -0.15) is 0 Å². The van der Waals surface area contributed by atoms with Crippen molar-refractivity contribution >= 4 is 17.7 Å². The second-order valence-corrected chi connectivity index (χ2v) is 8.68. The minimum absolute atomic E-state index is 0.204. The highest BCUT2D eigenvalue weighted by molar-refractivity contribution is 6.04. The minimum atomic E-state index is -0.697. The number of amides is 1. The van der Waals surface area contributed by atoms with Crippen molar-refractivity contribution in [1.82, 2.24) is 5.43 Å². The number of aliphatic hydroxyl groups is 1. The normalized spacial score (nSPS) is 17.5. The number of nitrogens with one attached hydrogen (secondary N) is 1. The van der Waals surface area contributed by atoms with E-state index in [1.165, 1.54) is 12.8 Å². The molecule has 0 aromatic heterocycles. The van der Waals surface area contributed by atoms with Crippen LogP contribution in [0.5, 0.6) is 0 Å². The average molecular weight is 444 g/mol. The summed E-state index contributed by atoms with van der Waals surface area (Å²) in [7, 11) is 0. The number of quaternary nitrogens is 1. The van der Waals surface area contributed by atoms with Crippen molar-refractivity contribution < 1.29 is 33.6 Å². The van der Waals surface area contributed by atoms with E-state index in [0.29, 0.717) is 32.2 Å². The molecule has 8 nitrogen and oxygen atoms in total. The van der Waals surface area contributed by atoms with Gasteiger partial charge in [-0.15, -0.1) is 0 Å². The fourth-order valence-electron chi connectivity index (χ4n) is 4.10. The number of ketones is 1. The van der Waals surface area contributed by atoms with Crippen LogP contribution in [0.3, 0.4) is 0 Å². The Morgan fingerprint density at radius 1 is 1.03 bits per heavy atom. The predicted molar refractivity (Wildman–Crippen MR) is 118 cm³/mol. The first-order chi connectivity index (χ1) is 14.8. The van der Waals surface area contributed by atoms with Gasteiger partial charge in [-0.1, -0.05) is 33.1 Å². The van der Waals surface area contributed by atoms with Crippen LogP contribution in [0.15, 0.2) is 0 Å². The van der Waals surface area contributed by atoms with Crippen LogP contribution in [0.4, 0.5) is 0 Å². The Labute approximate surface area is 187 Å². The quantitative estimate of drug-likeness (QED) is 0.216. The van der Waals surface area contributed by atoms with Crippen LogP contribution in [0.25, 0.3) is 0 Å². The number of nitrogens with zero attached hydrogens (tertiary/aromatic N) is 1. The number of esters is 1. The van der Waals surface area contributed by atoms with Gasteiger partial charge in [0.15, 0.2) is 5.78 Å². The third-order valence-electron chi connectivity index (χ3n) is 5.81. The molecule has 0 aromatic rings. The Hall–Kier alpha value is -1.51. The van der Waals surface area contributed by atoms with E-state index >= 15 is 0 Å². The molecule has 1 fully saturated rings. The van der Waals surface area contributed by atoms with Crippen LogP contribution >= 0.6 is 0 Å². The van der Waals surface area contributed by atoms with E-state index in [1.54, 1.807) is 6.92 Å². The van der Waals surface area contributed by atoms with E-state index in [9.17, 15) is 19.5 Å². The summed E-state index contributed by atoms with van der Waals surface area (Å²) in [5.74, 6) is -0.989. The van der Waals surface area contributed by atoms with Gasteiger partial charge in [0.1, 0.15) is 32.2 Å². The molecule has 2 unspecified atom stereocenters. The largest absolute Gasteiger partial charge is 0.466 e. The summed E-state index contributed by atoms with van der Waals surface area (Å²) in [4.78, 5) is 35.9. The lowest BCUT2D eigenvalue weighted by Gasteiger charge is -2.41. The zero-order chi connectivity index (χ0) is 23.1. The van der Waals surface area contributed by atoms with Crippen molar-refractivity contribution in [3.8, 4) is 0 Å². The molecule has 1 aliphatic rings. The number of carbonyl (C=O) groups excluding carboxylic acids is 3. The topological polar surface area (TPSA) is 102 Å². The number of hydrogen-bond acceptors (Lipinski definition) is 6.